The van der Waals surface area contributed by atoms with Gasteiger partial charge >= 0.3 is 0 Å². The third-order valence-corrected chi connectivity index (χ3v) is 7.69. The number of aromatic nitrogens is 4. The summed E-state index contributed by atoms with van der Waals surface area (Å²) in [6.07, 6.45) is 8.36. The van der Waals surface area contributed by atoms with E-state index in [0.29, 0.717) is 22.5 Å². The van der Waals surface area contributed by atoms with Gasteiger partial charge in [0.2, 0.25) is 0 Å². The Morgan fingerprint density at radius 2 is 1.55 bits per heavy atom. The zero-order valence-corrected chi connectivity index (χ0v) is 24.0. The van der Waals surface area contributed by atoms with Crippen molar-refractivity contribution >= 4 is 50.0 Å². The van der Waals surface area contributed by atoms with Crippen molar-refractivity contribution in [3.63, 3.8) is 0 Å². The molecule has 1 unspecified atom stereocenters. The number of fused-ring (bicyclic) bond motifs is 5. The third-order valence-electron chi connectivity index (χ3n) is 7.46. The van der Waals surface area contributed by atoms with Crippen molar-refractivity contribution in [1.29, 1.82) is 0 Å². The number of benzene rings is 4. The van der Waals surface area contributed by atoms with Crippen molar-refractivity contribution in [2.45, 2.75) is 19.9 Å². The monoisotopic (exact) mass is 566 g/mol. The lowest BCUT2D eigenvalue weighted by Crippen LogP contribution is -2.05. The molecule has 0 radical (unpaired) electrons. The van der Waals surface area contributed by atoms with Gasteiger partial charge in [-0.3, -0.25) is 0 Å². The van der Waals surface area contributed by atoms with Crippen molar-refractivity contribution in [2.24, 2.45) is 0 Å². The van der Waals surface area contributed by atoms with E-state index in [2.05, 4.69) is 48.0 Å². The summed E-state index contributed by atoms with van der Waals surface area (Å²) in [6.45, 7) is 4.17. The summed E-state index contributed by atoms with van der Waals surface area (Å²) in [7, 11) is 0. The molecule has 0 N–H and O–H groups in total. The van der Waals surface area contributed by atoms with Crippen LogP contribution in [0.1, 0.15) is 25.7 Å². The Hall–Kier alpha value is -5.00. The summed E-state index contributed by atoms with van der Waals surface area (Å²) in [5, 5.41) is 3.98. The first kappa shape index (κ1) is 25.9. The second kappa shape index (κ2) is 10.8. The number of hydrogen-bond donors (Lipinski definition) is 0. The summed E-state index contributed by atoms with van der Waals surface area (Å²) in [5.74, 6) is 1.78. The van der Waals surface area contributed by atoms with E-state index in [4.69, 9.17) is 31.0 Å². The van der Waals surface area contributed by atoms with Crippen LogP contribution in [0.3, 0.4) is 0 Å². The van der Waals surface area contributed by atoms with Crippen LogP contribution in [0.4, 0.5) is 0 Å². The third kappa shape index (κ3) is 4.68. The van der Waals surface area contributed by atoms with Crippen LogP contribution in [0, 0.1) is 0 Å². The van der Waals surface area contributed by atoms with E-state index in [1.807, 2.05) is 91.9 Å². The lowest BCUT2D eigenvalue weighted by Gasteiger charge is -2.14. The van der Waals surface area contributed by atoms with E-state index < -0.39 is 0 Å². The van der Waals surface area contributed by atoms with Gasteiger partial charge in [-0.25, -0.2) is 15.0 Å². The van der Waals surface area contributed by atoms with E-state index in [0.717, 1.165) is 49.5 Å². The maximum Gasteiger partial charge on any atom is 0.164 e. The molecule has 1 atom stereocenters. The molecule has 0 saturated heterocycles. The molecule has 204 valence electrons. The molecule has 0 bridgehead atoms. The normalized spacial score (nSPS) is 13.1. The highest BCUT2D eigenvalue weighted by Gasteiger charge is 2.17. The van der Waals surface area contributed by atoms with E-state index in [1.54, 1.807) is 0 Å². The van der Waals surface area contributed by atoms with Crippen molar-refractivity contribution in [3.8, 4) is 22.8 Å². The summed E-state index contributed by atoms with van der Waals surface area (Å²) < 4.78 is 8.54. The van der Waals surface area contributed by atoms with Gasteiger partial charge in [0.1, 0.15) is 11.2 Å². The number of rotatable bonds is 6. The van der Waals surface area contributed by atoms with Crippen molar-refractivity contribution in [2.75, 3.05) is 0 Å². The van der Waals surface area contributed by atoms with Crippen molar-refractivity contribution in [3.05, 3.63) is 132 Å². The van der Waals surface area contributed by atoms with Gasteiger partial charge in [0.05, 0.1) is 5.52 Å². The SMILES string of the molecule is C/C=C\C(=C/C(C)n1ccc2c3oc4ccccc4c3ccc21)c1nc(-c2ccccc2)nc(-c2cccc(Cl)c2)n1. The predicted molar refractivity (Wildman–Crippen MR) is 172 cm³/mol. The van der Waals surface area contributed by atoms with Gasteiger partial charge in [-0.2, -0.15) is 0 Å². The fraction of sp³-hybridized carbons (Fsp3) is 0.0833. The average Bonchev–Trinajstić information content (AvgIpc) is 3.63. The minimum absolute atomic E-state index is 0.00193. The molecule has 0 aliphatic rings. The molecule has 42 heavy (non-hydrogen) atoms. The molecule has 4 aromatic carbocycles. The number of allylic oxidation sites excluding steroid dienone is 4. The molecule has 0 aliphatic heterocycles. The Morgan fingerprint density at radius 3 is 2.36 bits per heavy atom. The Labute approximate surface area is 248 Å². The Bertz CT molecular complexity index is 2140. The van der Waals surface area contributed by atoms with Gasteiger partial charge in [0.25, 0.3) is 0 Å². The van der Waals surface area contributed by atoms with E-state index in [9.17, 15) is 0 Å². The highest BCUT2D eigenvalue weighted by molar-refractivity contribution is 6.30. The first-order chi connectivity index (χ1) is 20.6. The summed E-state index contributed by atoms with van der Waals surface area (Å²) in [5.41, 5.74) is 5.57. The first-order valence-corrected chi connectivity index (χ1v) is 14.3. The van der Waals surface area contributed by atoms with Crippen LogP contribution in [-0.4, -0.2) is 19.5 Å². The Balaban J connectivity index is 1.35. The molecule has 7 aromatic rings. The zero-order valence-electron chi connectivity index (χ0n) is 23.2. The summed E-state index contributed by atoms with van der Waals surface area (Å²) in [6, 6.07) is 32.2. The number of furan rings is 1. The molecule has 0 saturated carbocycles. The second-order valence-electron chi connectivity index (χ2n) is 10.2. The van der Waals surface area contributed by atoms with Crippen molar-refractivity contribution < 1.29 is 4.42 Å². The van der Waals surface area contributed by atoms with E-state index >= 15 is 0 Å². The molecule has 3 aromatic heterocycles. The molecular formula is C36H27ClN4O. The smallest absolute Gasteiger partial charge is 0.164 e. The van der Waals surface area contributed by atoms with Crippen LogP contribution in [0.15, 0.2) is 126 Å². The molecule has 0 fully saturated rings. The average molecular weight is 567 g/mol. The molecule has 0 aliphatic carbocycles. The highest BCUT2D eigenvalue weighted by atomic mass is 35.5. The van der Waals surface area contributed by atoms with Gasteiger partial charge in [0.15, 0.2) is 17.5 Å². The standard InChI is InChI=1S/C36H27ClN4O/c1-3-10-25(35-38-34(24-11-5-4-6-12-24)39-36(40-35)26-13-9-14-27(37)22-26)21-23(2)41-20-19-30-31(41)18-17-29-28-15-7-8-16-32(28)42-33(29)30/h3-23H,1-2H3/b10-3-,25-21+. The molecule has 5 nitrogen and oxygen atoms in total. The lowest BCUT2D eigenvalue weighted by atomic mass is 10.1. The largest absolute Gasteiger partial charge is 0.455 e. The maximum atomic E-state index is 6.33. The molecule has 0 amide bonds. The van der Waals surface area contributed by atoms with Crippen molar-refractivity contribution in [1.82, 2.24) is 19.5 Å². The molecule has 7 rings (SSSR count). The molecule has 6 heteroatoms. The first-order valence-electron chi connectivity index (χ1n) is 13.9. The van der Waals surface area contributed by atoms with Crippen LogP contribution >= 0.6 is 11.6 Å². The minimum atomic E-state index is 0.00193. The second-order valence-corrected chi connectivity index (χ2v) is 10.7. The van der Waals surface area contributed by atoms with Crippen LogP contribution in [0.25, 0.3) is 61.2 Å². The Kier molecular flexibility index (Phi) is 6.65. The maximum absolute atomic E-state index is 6.33. The van der Waals surface area contributed by atoms with Crippen LogP contribution < -0.4 is 0 Å². The van der Waals surface area contributed by atoms with E-state index in [-0.39, 0.29) is 6.04 Å². The number of nitrogens with zero attached hydrogens (tertiary/aromatic N) is 4. The quantitative estimate of drug-likeness (QED) is 0.188. The van der Waals surface area contributed by atoms with Gasteiger partial charge in [-0.15, -0.1) is 0 Å². The fourth-order valence-corrected chi connectivity index (χ4v) is 5.67. The van der Waals surface area contributed by atoms with E-state index in [1.165, 1.54) is 0 Å². The van der Waals surface area contributed by atoms with Gasteiger partial charge in [0, 0.05) is 50.1 Å². The Morgan fingerprint density at radius 1 is 0.786 bits per heavy atom. The van der Waals surface area contributed by atoms with Crippen LogP contribution in [-0.2, 0) is 0 Å². The molecule has 3 heterocycles. The molecular weight excluding hydrogens is 540 g/mol. The predicted octanol–water partition coefficient (Wildman–Crippen LogP) is 9.93. The van der Waals surface area contributed by atoms with Crippen LogP contribution in [0.5, 0.6) is 0 Å². The summed E-state index contributed by atoms with van der Waals surface area (Å²) >= 11 is 6.33. The van der Waals surface area contributed by atoms with Gasteiger partial charge in [-0.05, 0) is 50.2 Å². The fourth-order valence-electron chi connectivity index (χ4n) is 5.48. The number of halogens is 1. The minimum Gasteiger partial charge on any atom is -0.455 e. The number of hydrogen-bond acceptors (Lipinski definition) is 4. The topological polar surface area (TPSA) is 56.7 Å². The highest BCUT2D eigenvalue weighted by Crippen LogP contribution is 2.36. The molecule has 0 spiro atoms. The number of para-hydroxylation sites is 1. The van der Waals surface area contributed by atoms with Crippen LogP contribution in [0.2, 0.25) is 5.02 Å². The van der Waals surface area contributed by atoms with Gasteiger partial charge in [-0.1, -0.05) is 90.5 Å². The lowest BCUT2D eigenvalue weighted by molar-refractivity contribution is 0.671. The van der Waals surface area contributed by atoms with Gasteiger partial charge < -0.3 is 8.98 Å². The zero-order chi connectivity index (χ0) is 28.6. The summed E-state index contributed by atoms with van der Waals surface area (Å²) in [4.78, 5) is 14.7.